The summed E-state index contributed by atoms with van der Waals surface area (Å²) in [4.78, 5) is 0. The molecule has 0 aromatic heterocycles. The molecule has 0 atom stereocenters. The Kier molecular flexibility index (Phi) is 9.70. The van der Waals surface area contributed by atoms with E-state index in [2.05, 4.69) is 36.4 Å². The fraction of sp³-hybridized carbons (Fsp3) is 0.545. The van der Waals surface area contributed by atoms with Gasteiger partial charge in [-0.25, -0.2) is 0 Å². The zero-order valence-corrected chi connectivity index (χ0v) is 16.4. The van der Waals surface area contributed by atoms with Gasteiger partial charge in [0.25, 0.3) is 0 Å². The first-order chi connectivity index (χ1) is 13.9. The van der Waals surface area contributed by atoms with Crippen LogP contribution in [0.4, 0.5) is 0 Å². The van der Waals surface area contributed by atoms with Gasteiger partial charge < -0.3 is 28.4 Å². The first-order valence-corrected chi connectivity index (χ1v) is 9.90. The Morgan fingerprint density at radius 1 is 0.429 bits per heavy atom. The Hall–Kier alpha value is -1.54. The summed E-state index contributed by atoms with van der Waals surface area (Å²) in [6.07, 6.45) is 0. The van der Waals surface area contributed by atoms with Gasteiger partial charge in [-0.3, -0.25) is 0 Å². The maximum Gasteiger partial charge on any atom is 0.0721 e. The minimum atomic E-state index is 0.539. The van der Waals surface area contributed by atoms with Crippen LogP contribution in [-0.2, 0) is 41.6 Å². The summed E-state index contributed by atoms with van der Waals surface area (Å²) in [6.45, 7) is 6.64. The molecule has 0 saturated carbocycles. The highest BCUT2D eigenvalue weighted by Crippen LogP contribution is 2.21. The van der Waals surface area contributed by atoms with Gasteiger partial charge in [-0.1, -0.05) is 24.3 Å². The summed E-state index contributed by atoms with van der Waals surface area (Å²) in [5.74, 6) is 0. The van der Waals surface area contributed by atoms with Crippen LogP contribution in [0.25, 0.3) is 10.8 Å². The lowest BCUT2D eigenvalue weighted by Crippen LogP contribution is -2.14. The molecule has 154 valence electrons. The number of ether oxygens (including phenoxy) is 6. The van der Waals surface area contributed by atoms with Gasteiger partial charge in [0.2, 0.25) is 0 Å². The van der Waals surface area contributed by atoms with E-state index >= 15 is 0 Å². The molecule has 1 heterocycles. The van der Waals surface area contributed by atoms with E-state index in [9.17, 15) is 0 Å². The normalized spacial score (nSPS) is 19.7. The molecule has 0 fully saturated rings. The van der Waals surface area contributed by atoms with Crippen LogP contribution in [0, 0.1) is 0 Å². The average molecular weight is 390 g/mol. The largest absolute Gasteiger partial charge is 0.377 e. The van der Waals surface area contributed by atoms with E-state index in [1.54, 1.807) is 0 Å². The van der Waals surface area contributed by atoms with E-state index in [-0.39, 0.29) is 0 Å². The van der Waals surface area contributed by atoms with E-state index in [1.807, 2.05) is 0 Å². The lowest BCUT2D eigenvalue weighted by atomic mass is 10.0. The summed E-state index contributed by atoms with van der Waals surface area (Å²) in [5, 5.41) is 2.41. The molecule has 0 unspecified atom stereocenters. The SMILES string of the molecule is c1ccc2cc3c(cc2c1)COCCOCCOCCOCCOCCOC3. The summed E-state index contributed by atoms with van der Waals surface area (Å²) >= 11 is 0. The van der Waals surface area contributed by atoms with Crippen molar-refractivity contribution in [1.82, 2.24) is 0 Å². The third-order valence-electron chi connectivity index (χ3n) is 4.44. The Labute approximate surface area is 166 Å². The van der Waals surface area contributed by atoms with Crippen LogP contribution in [-0.4, -0.2) is 66.1 Å². The second kappa shape index (κ2) is 12.8. The van der Waals surface area contributed by atoms with Crippen molar-refractivity contribution in [2.24, 2.45) is 0 Å². The molecule has 2 aromatic rings. The van der Waals surface area contributed by atoms with Crippen molar-refractivity contribution >= 4 is 10.8 Å². The summed E-state index contributed by atoms with van der Waals surface area (Å²) in [5.41, 5.74) is 2.29. The molecule has 0 N–H and O–H groups in total. The molecule has 1 aliphatic heterocycles. The van der Waals surface area contributed by atoms with Crippen molar-refractivity contribution in [3.8, 4) is 0 Å². The van der Waals surface area contributed by atoms with Gasteiger partial charge in [0.05, 0.1) is 79.3 Å². The molecule has 0 radical (unpaired) electrons. The van der Waals surface area contributed by atoms with Gasteiger partial charge in [0.15, 0.2) is 0 Å². The Morgan fingerprint density at radius 2 is 0.750 bits per heavy atom. The number of benzene rings is 2. The summed E-state index contributed by atoms with van der Waals surface area (Å²) < 4.78 is 33.6. The van der Waals surface area contributed by atoms with E-state index in [0.717, 1.165) is 11.1 Å². The Balaban J connectivity index is 1.58. The van der Waals surface area contributed by atoms with Gasteiger partial charge >= 0.3 is 0 Å². The minimum absolute atomic E-state index is 0.539. The molecule has 3 rings (SSSR count). The maximum absolute atomic E-state index is 5.82. The van der Waals surface area contributed by atoms with Crippen LogP contribution in [0.2, 0.25) is 0 Å². The zero-order chi connectivity index (χ0) is 19.3. The molecule has 6 nitrogen and oxygen atoms in total. The highest BCUT2D eigenvalue weighted by molar-refractivity contribution is 5.84. The van der Waals surface area contributed by atoms with E-state index in [0.29, 0.717) is 79.3 Å². The van der Waals surface area contributed by atoms with Crippen LogP contribution < -0.4 is 0 Å². The smallest absolute Gasteiger partial charge is 0.0721 e. The molecular formula is C22H30O6. The van der Waals surface area contributed by atoms with Gasteiger partial charge in [-0.15, -0.1) is 0 Å². The molecule has 0 amide bonds. The van der Waals surface area contributed by atoms with Gasteiger partial charge in [0.1, 0.15) is 0 Å². The van der Waals surface area contributed by atoms with Crippen molar-refractivity contribution in [1.29, 1.82) is 0 Å². The van der Waals surface area contributed by atoms with E-state index < -0.39 is 0 Å². The molecule has 6 heteroatoms. The standard InChI is InChI=1S/C22H30O6/c1-2-4-20-16-22-18-28-14-12-26-10-8-24-6-5-23-7-9-25-11-13-27-17-21(22)15-19(20)3-1/h1-4,15-16H,5-14,17-18H2. The molecule has 0 aliphatic carbocycles. The third-order valence-corrected chi connectivity index (χ3v) is 4.44. The number of hydrogen-bond donors (Lipinski definition) is 0. The van der Waals surface area contributed by atoms with Crippen LogP contribution in [0.15, 0.2) is 36.4 Å². The highest BCUT2D eigenvalue weighted by atomic mass is 16.6. The van der Waals surface area contributed by atoms with Crippen molar-refractivity contribution < 1.29 is 28.4 Å². The quantitative estimate of drug-likeness (QED) is 0.689. The van der Waals surface area contributed by atoms with E-state index in [1.165, 1.54) is 10.8 Å². The van der Waals surface area contributed by atoms with Crippen molar-refractivity contribution in [3.63, 3.8) is 0 Å². The monoisotopic (exact) mass is 390 g/mol. The maximum atomic E-state index is 5.82. The molecule has 0 saturated heterocycles. The lowest BCUT2D eigenvalue weighted by Gasteiger charge is -2.14. The topological polar surface area (TPSA) is 55.4 Å². The number of fused-ring (bicyclic) bond motifs is 2. The highest BCUT2D eigenvalue weighted by Gasteiger charge is 2.07. The summed E-state index contributed by atoms with van der Waals surface area (Å²) in [7, 11) is 0. The van der Waals surface area contributed by atoms with Crippen LogP contribution >= 0.6 is 0 Å². The van der Waals surface area contributed by atoms with Gasteiger partial charge in [-0.05, 0) is 34.0 Å². The van der Waals surface area contributed by atoms with Crippen LogP contribution in [0.1, 0.15) is 11.1 Å². The first kappa shape index (κ1) is 21.2. The predicted molar refractivity (Wildman–Crippen MR) is 107 cm³/mol. The van der Waals surface area contributed by atoms with Crippen LogP contribution in [0.3, 0.4) is 0 Å². The molecule has 28 heavy (non-hydrogen) atoms. The van der Waals surface area contributed by atoms with Crippen molar-refractivity contribution in [2.45, 2.75) is 13.2 Å². The van der Waals surface area contributed by atoms with Crippen molar-refractivity contribution in [3.05, 3.63) is 47.5 Å². The molecule has 1 aliphatic rings. The van der Waals surface area contributed by atoms with Crippen molar-refractivity contribution in [2.75, 3.05) is 66.1 Å². The third kappa shape index (κ3) is 7.47. The Bertz CT molecular complexity index is 631. The number of hydrogen-bond acceptors (Lipinski definition) is 6. The molecule has 0 spiro atoms. The second-order valence-corrected chi connectivity index (χ2v) is 6.52. The minimum Gasteiger partial charge on any atom is -0.377 e. The fourth-order valence-electron chi connectivity index (χ4n) is 2.97. The number of rotatable bonds is 0. The summed E-state index contributed by atoms with van der Waals surface area (Å²) in [6, 6.07) is 12.7. The lowest BCUT2D eigenvalue weighted by molar-refractivity contribution is -0.0202. The fourth-order valence-corrected chi connectivity index (χ4v) is 2.97. The molecule has 2 aromatic carbocycles. The van der Waals surface area contributed by atoms with Gasteiger partial charge in [0, 0.05) is 0 Å². The first-order valence-electron chi connectivity index (χ1n) is 9.90. The average Bonchev–Trinajstić information content (AvgIpc) is 2.72. The van der Waals surface area contributed by atoms with Crippen LogP contribution in [0.5, 0.6) is 0 Å². The van der Waals surface area contributed by atoms with E-state index in [4.69, 9.17) is 28.4 Å². The Morgan fingerprint density at radius 3 is 1.11 bits per heavy atom. The second-order valence-electron chi connectivity index (χ2n) is 6.52. The predicted octanol–water partition coefficient (Wildman–Crippen LogP) is 2.95. The zero-order valence-electron chi connectivity index (χ0n) is 16.4. The molecule has 0 bridgehead atoms. The molecular weight excluding hydrogens is 360 g/mol. The van der Waals surface area contributed by atoms with Gasteiger partial charge in [-0.2, -0.15) is 0 Å².